The Morgan fingerprint density at radius 2 is 1.83 bits per heavy atom. The lowest BCUT2D eigenvalue weighted by atomic mass is 10.1. The molecular weight excluding hydrogens is 444 g/mol. The maximum absolute atomic E-state index is 13.1. The molecule has 9 heteroatoms. The van der Waals surface area contributed by atoms with Gasteiger partial charge in [0.25, 0.3) is 0 Å². The fourth-order valence-electron chi connectivity index (χ4n) is 4.01. The maximum atomic E-state index is 13.1. The van der Waals surface area contributed by atoms with Crippen molar-refractivity contribution >= 4 is 17.8 Å². The Hall–Kier alpha value is -3.36. The number of aromatic nitrogens is 2. The Labute approximate surface area is 208 Å². The third kappa shape index (κ3) is 7.56. The Kier molecular flexibility index (Phi) is 9.69. The van der Waals surface area contributed by atoms with Gasteiger partial charge in [-0.15, -0.1) is 10.2 Å². The normalized spacial score (nSPS) is 14.0. The lowest BCUT2D eigenvalue weighted by molar-refractivity contribution is -0.131. The predicted molar refractivity (Wildman–Crippen MR) is 138 cm³/mol. The van der Waals surface area contributed by atoms with Crippen LogP contribution in [0.15, 0.2) is 36.4 Å². The van der Waals surface area contributed by atoms with E-state index in [4.69, 9.17) is 4.74 Å². The molecule has 0 bridgehead atoms. The molecule has 0 aliphatic carbocycles. The van der Waals surface area contributed by atoms with Crippen molar-refractivity contribution < 1.29 is 14.3 Å². The van der Waals surface area contributed by atoms with Crippen molar-refractivity contribution in [1.29, 1.82) is 0 Å². The van der Waals surface area contributed by atoms with E-state index in [2.05, 4.69) is 27.3 Å². The van der Waals surface area contributed by atoms with Crippen molar-refractivity contribution in [2.45, 2.75) is 46.1 Å². The number of nitrogens with one attached hydrogen (secondary N) is 1. The molecule has 0 unspecified atom stereocenters. The number of ether oxygens (including phenoxy) is 1. The molecular formula is C26H38N6O3. The van der Waals surface area contributed by atoms with Crippen LogP contribution < -0.4 is 15.0 Å². The summed E-state index contributed by atoms with van der Waals surface area (Å²) >= 11 is 0. The number of benzene rings is 1. The van der Waals surface area contributed by atoms with Crippen LogP contribution in [-0.4, -0.2) is 84.4 Å². The van der Waals surface area contributed by atoms with Gasteiger partial charge in [0.15, 0.2) is 5.82 Å². The highest BCUT2D eigenvalue weighted by Crippen LogP contribution is 2.22. The molecule has 3 amide bonds. The minimum Gasteiger partial charge on any atom is -0.497 e. The van der Waals surface area contributed by atoms with Crippen LogP contribution in [0.5, 0.6) is 5.75 Å². The van der Waals surface area contributed by atoms with Gasteiger partial charge >= 0.3 is 6.03 Å². The molecule has 0 saturated carbocycles. The first-order chi connectivity index (χ1) is 16.9. The molecule has 2 aromatic rings. The molecule has 0 radical (unpaired) electrons. The van der Waals surface area contributed by atoms with Gasteiger partial charge in [-0.05, 0) is 63.1 Å². The molecule has 0 spiro atoms. The van der Waals surface area contributed by atoms with E-state index < -0.39 is 0 Å². The van der Waals surface area contributed by atoms with Crippen LogP contribution in [0.4, 0.5) is 10.6 Å². The van der Waals surface area contributed by atoms with Crippen LogP contribution in [0.2, 0.25) is 0 Å². The number of nitrogens with zero attached hydrogens (tertiary/aromatic N) is 5. The first-order valence-corrected chi connectivity index (χ1v) is 12.5. The number of anilines is 1. The molecule has 1 aromatic heterocycles. The summed E-state index contributed by atoms with van der Waals surface area (Å²) in [5, 5.41) is 11.8. The summed E-state index contributed by atoms with van der Waals surface area (Å²) in [5.41, 5.74) is 1.78. The van der Waals surface area contributed by atoms with Crippen molar-refractivity contribution in [2.24, 2.45) is 0 Å². The lowest BCUT2D eigenvalue weighted by Gasteiger charge is -2.28. The summed E-state index contributed by atoms with van der Waals surface area (Å²) in [5.74, 6) is 1.59. The monoisotopic (exact) mass is 482 g/mol. The molecule has 1 fully saturated rings. The van der Waals surface area contributed by atoms with E-state index in [9.17, 15) is 9.59 Å². The van der Waals surface area contributed by atoms with Crippen LogP contribution in [0.25, 0.3) is 11.3 Å². The zero-order valence-electron chi connectivity index (χ0n) is 21.4. The SMILES string of the molecule is CCCCN(CC(=O)N1CCCN(c2ccc(-c3ccc(OC)cc3)nn2)CC1)C(=O)NC(C)C. The Balaban J connectivity index is 1.58. The van der Waals surface area contributed by atoms with Crippen LogP contribution in [-0.2, 0) is 4.79 Å². The summed E-state index contributed by atoms with van der Waals surface area (Å²) in [6, 6.07) is 11.5. The number of methoxy groups -OCH3 is 1. The van der Waals surface area contributed by atoms with Gasteiger partial charge in [-0.2, -0.15) is 0 Å². The van der Waals surface area contributed by atoms with Crippen molar-refractivity contribution in [2.75, 3.05) is 51.3 Å². The third-order valence-corrected chi connectivity index (χ3v) is 6.02. The lowest BCUT2D eigenvalue weighted by Crippen LogP contribution is -2.49. The minimum absolute atomic E-state index is 0.0113. The topological polar surface area (TPSA) is 90.9 Å². The van der Waals surface area contributed by atoms with Crippen LogP contribution in [0.1, 0.15) is 40.0 Å². The molecule has 0 atom stereocenters. The highest BCUT2D eigenvalue weighted by molar-refractivity contribution is 5.84. The first-order valence-electron chi connectivity index (χ1n) is 12.5. The fourth-order valence-corrected chi connectivity index (χ4v) is 4.01. The molecule has 1 aliphatic heterocycles. The minimum atomic E-state index is -0.175. The second-order valence-corrected chi connectivity index (χ2v) is 9.11. The van der Waals surface area contributed by atoms with Gasteiger partial charge in [0.2, 0.25) is 5.91 Å². The number of rotatable bonds is 9. The van der Waals surface area contributed by atoms with Crippen LogP contribution >= 0.6 is 0 Å². The molecule has 2 heterocycles. The van der Waals surface area contributed by atoms with E-state index >= 15 is 0 Å². The number of urea groups is 1. The summed E-state index contributed by atoms with van der Waals surface area (Å²) in [4.78, 5) is 31.3. The smallest absolute Gasteiger partial charge is 0.318 e. The maximum Gasteiger partial charge on any atom is 0.318 e. The van der Waals surface area contributed by atoms with Gasteiger partial charge in [0.1, 0.15) is 12.3 Å². The quantitative estimate of drug-likeness (QED) is 0.589. The van der Waals surface area contributed by atoms with Crippen molar-refractivity contribution in [1.82, 2.24) is 25.3 Å². The molecule has 1 aliphatic rings. The largest absolute Gasteiger partial charge is 0.497 e. The predicted octanol–water partition coefficient (Wildman–Crippen LogP) is 3.41. The van der Waals surface area contributed by atoms with Gasteiger partial charge in [0, 0.05) is 44.3 Å². The second kappa shape index (κ2) is 12.9. The number of carbonyl (C=O) groups is 2. The third-order valence-electron chi connectivity index (χ3n) is 6.02. The molecule has 1 aromatic carbocycles. The average Bonchev–Trinajstić information content (AvgIpc) is 3.13. The summed E-state index contributed by atoms with van der Waals surface area (Å²) < 4.78 is 5.21. The van der Waals surface area contributed by atoms with E-state index in [1.807, 2.05) is 55.1 Å². The molecule has 3 rings (SSSR count). The molecule has 1 saturated heterocycles. The summed E-state index contributed by atoms with van der Waals surface area (Å²) in [6.07, 6.45) is 2.68. The zero-order chi connectivity index (χ0) is 25.2. The summed E-state index contributed by atoms with van der Waals surface area (Å²) in [6.45, 7) is 9.35. The number of amides is 3. The van der Waals surface area contributed by atoms with E-state index in [-0.39, 0.29) is 24.5 Å². The van der Waals surface area contributed by atoms with Crippen LogP contribution in [0.3, 0.4) is 0 Å². The fraction of sp³-hybridized carbons (Fsp3) is 0.538. The number of hydrogen-bond donors (Lipinski definition) is 1. The molecule has 1 N–H and O–H groups in total. The Morgan fingerprint density at radius 3 is 2.46 bits per heavy atom. The van der Waals surface area contributed by atoms with Gasteiger partial charge < -0.3 is 24.8 Å². The van der Waals surface area contributed by atoms with E-state index in [0.29, 0.717) is 26.2 Å². The van der Waals surface area contributed by atoms with Crippen molar-refractivity contribution in [3.63, 3.8) is 0 Å². The summed E-state index contributed by atoms with van der Waals surface area (Å²) in [7, 11) is 1.64. The molecule has 9 nitrogen and oxygen atoms in total. The standard InChI is InChI=1S/C26H38N6O3/c1-5-6-14-32(26(34)27-20(2)3)19-25(33)31-16-7-15-30(17-18-31)24-13-12-23(28-29-24)21-8-10-22(35-4)11-9-21/h8-13,20H,5-7,14-19H2,1-4H3,(H,27,34). The number of carbonyl (C=O) groups excluding carboxylic acids is 2. The average molecular weight is 483 g/mol. The highest BCUT2D eigenvalue weighted by atomic mass is 16.5. The molecule has 35 heavy (non-hydrogen) atoms. The van der Waals surface area contributed by atoms with E-state index in [1.54, 1.807) is 12.0 Å². The Morgan fingerprint density at radius 1 is 1.06 bits per heavy atom. The van der Waals surface area contributed by atoms with E-state index in [0.717, 1.165) is 48.6 Å². The van der Waals surface area contributed by atoms with Gasteiger partial charge in [-0.3, -0.25) is 4.79 Å². The Bertz CT molecular complexity index is 949. The number of hydrogen-bond acceptors (Lipinski definition) is 6. The van der Waals surface area contributed by atoms with Crippen LogP contribution in [0, 0.1) is 0 Å². The van der Waals surface area contributed by atoms with Crippen molar-refractivity contribution in [3.8, 4) is 17.0 Å². The highest BCUT2D eigenvalue weighted by Gasteiger charge is 2.24. The van der Waals surface area contributed by atoms with Crippen molar-refractivity contribution in [3.05, 3.63) is 36.4 Å². The van der Waals surface area contributed by atoms with E-state index in [1.165, 1.54) is 0 Å². The second-order valence-electron chi connectivity index (χ2n) is 9.11. The van der Waals surface area contributed by atoms with Gasteiger partial charge in [-0.1, -0.05) is 13.3 Å². The number of unbranched alkanes of at least 4 members (excludes halogenated alkanes) is 1. The molecule has 190 valence electrons. The zero-order valence-corrected chi connectivity index (χ0v) is 21.4. The van der Waals surface area contributed by atoms with Gasteiger partial charge in [0.05, 0.1) is 12.8 Å². The first kappa shape index (κ1) is 26.2. The van der Waals surface area contributed by atoms with Gasteiger partial charge in [-0.25, -0.2) is 4.79 Å².